The molecular formula is C10H18ClN3. The fraction of sp³-hybridized carbons (Fsp3) is 0.600. The first-order chi connectivity index (χ1) is 6.02. The topological polar surface area (TPSA) is 51.8 Å². The smallest absolute Gasteiger partial charge is 0.131 e. The summed E-state index contributed by atoms with van der Waals surface area (Å²) in [5, 5.41) is 0. The standard InChI is InChI=1S/C10H17N3.ClH/c1-6(2)10-12-5-9(7(3)11)8(4)13-10;/h5-7H,11H2,1-4H3;1H. The predicted octanol–water partition coefficient (Wildman–Crippen LogP) is 2.35. The van der Waals surface area contributed by atoms with E-state index in [1.807, 2.05) is 20.0 Å². The van der Waals surface area contributed by atoms with E-state index in [1.54, 1.807) is 0 Å². The van der Waals surface area contributed by atoms with Crippen LogP contribution in [0.2, 0.25) is 0 Å². The maximum absolute atomic E-state index is 5.76. The van der Waals surface area contributed by atoms with E-state index in [-0.39, 0.29) is 18.4 Å². The summed E-state index contributed by atoms with van der Waals surface area (Å²) in [6.07, 6.45) is 1.84. The lowest BCUT2D eigenvalue weighted by Crippen LogP contribution is -2.10. The molecule has 1 aromatic rings. The van der Waals surface area contributed by atoms with Gasteiger partial charge in [-0.05, 0) is 13.8 Å². The molecule has 1 heterocycles. The van der Waals surface area contributed by atoms with Crippen LogP contribution in [0.1, 0.15) is 49.8 Å². The number of hydrogen-bond acceptors (Lipinski definition) is 3. The van der Waals surface area contributed by atoms with Crippen molar-refractivity contribution in [2.75, 3.05) is 0 Å². The van der Waals surface area contributed by atoms with Crippen LogP contribution in [0.4, 0.5) is 0 Å². The van der Waals surface area contributed by atoms with Gasteiger partial charge in [-0.25, -0.2) is 9.97 Å². The first-order valence-corrected chi connectivity index (χ1v) is 4.61. The number of nitrogens with zero attached hydrogens (tertiary/aromatic N) is 2. The second-order valence-corrected chi connectivity index (χ2v) is 3.71. The van der Waals surface area contributed by atoms with Crippen LogP contribution in [0, 0.1) is 6.92 Å². The quantitative estimate of drug-likeness (QED) is 0.824. The summed E-state index contributed by atoms with van der Waals surface area (Å²) in [6, 6.07) is 0.0150. The lowest BCUT2D eigenvalue weighted by atomic mass is 10.1. The Bertz CT molecular complexity index is 297. The van der Waals surface area contributed by atoms with Crippen molar-refractivity contribution in [1.82, 2.24) is 9.97 Å². The minimum atomic E-state index is 0. The molecular weight excluding hydrogens is 198 g/mol. The van der Waals surface area contributed by atoms with E-state index in [4.69, 9.17) is 5.73 Å². The minimum Gasteiger partial charge on any atom is -0.324 e. The molecule has 0 aliphatic carbocycles. The molecule has 1 aromatic heterocycles. The lowest BCUT2D eigenvalue weighted by molar-refractivity contribution is 0.731. The molecule has 1 unspecified atom stereocenters. The second kappa shape index (κ2) is 5.27. The van der Waals surface area contributed by atoms with Gasteiger partial charge in [-0.3, -0.25) is 0 Å². The number of halogens is 1. The summed E-state index contributed by atoms with van der Waals surface area (Å²) in [5.41, 5.74) is 7.79. The summed E-state index contributed by atoms with van der Waals surface area (Å²) >= 11 is 0. The van der Waals surface area contributed by atoms with E-state index >= 15 is 0 Å². The van der Waals surface area contributed by atoms with Gasteiger partial charge < -0.3 is 5.73 Å². The molecule has 3 nitrogen and oxygen atoms in total. The van der Waals surface area contributed by atoms with Crippen LogP contribution in [0.15, 0.2) is 6.20 Å². The van der Waals surface area contributed by atoms with Crippen LogP contribution in [0.25, 0.3) is 0 Å². The van der Waals surface area contributed by atoms with Crippen molar-refractivity contribution in [3.05, 3.63) is 23.3 Å². The lowest BCUT2D eigenvalue weighted by Gasteiger charge is -2.10. The highest BCUT2D eigenvalue weighted by atomic mass is 35.5. The number of nitrogens with two attached hydrogens (primary N) is 1. The van der Waals surface area contributed by atoms with Crippen LogP contribution in [-0.4, -0.2) is 9.97 Å². The van der Waals surface area contributed by atoms with Gasteiger partial charge in [-0.1, -0.05) is 13.8 Å². The highest BCUT2D eigenvalue weighted by Crippen LogP contribution is 2.15. The summed E-state index contributed by atoms with van der Waals surface area (Å²) < 4.78 is 0. The average molecular weight is 216 g/mol. The minimum absolute atomic E-state index is 0. The number of aryl methyl sites for hydroxylation is 1. The van der Waals surface area contributed by atoms with Gasteiger partial charge in [0.05, 0.1) is 0 Å². The van der Waals surface area contributed by atoms with Crippen LogP contribution in [0.5, 0.6) is 0 Å². The predicted molar refractivity (Wildman–Crippen MR) is 60.7 cm³/mol. The molecule has 0 amide bonds. The highest BCUT2D eigenvalue weighted by Gasteiger charge is 2.08. The van der Waals surface area contributed by atoms with Crippen LogP contribution >= 0.6 is 12.4 Å². The molecule has 0 aliphatic rings. The van der Waals surface area contributed by atoms with Crippen molar-refractivity contribution in [2.45, 2.75) is 39.7 Å². The summed E-state index contributed by atoms with van der Waals surface area (Å²) in [6.45, 7) is 8.09. The average Bonchev–Trinajstić information content (AvgIpc) is 2.03. The Morgan fingerprint density at radius 2 is 1.86 bits per heavy atom. The molecule has 80 valence electrons. The maximum Gasteiger partial charge on any atom is 0.131 e. The summed E-state index contributed by atoms with van der Waals surface area (Å²) in [5.74, 6) is 1.27. The fourth-order valence-corrected chi connectivity index (χ4v) is 1.22. The SMILES string of the molecule is Cc1nc(C(C)C)ncc1C(C)N.Cl. The Morgan fingerprint density at radius 1 is 1.29 bits per heavy atom. The maximum atomic E-state index is 5.76. The molecule has 1 rings (SSSR count). The molecule has 0 aliphatic heterocycles. The van der Waals surface area contributed by atoms with Crippen LogP contribution in [0.3, 0.4) is 0 Å². The summed E-state index contributed by atoms with van der Waals surface area (Å²) in [7, 11) is 0. The number of hydrogen-bond donors (Lipinski definition) is 1. The van der Waals surface area contributed by atoms with Crippen molar-refractivity contribution in [1.29, 1.82) is 0 Å². The van der Waals surface area contributed by atoms with Crippen molar-refractivity contribution >= 4 is 12.4 Å². The van der Waals surface area contributed by atoms with Crippen molar-refractivity contribution in [2.24, 2.45) is 5.73 Å². The van der Waals surface area contributed by atoms with E-state index in [9.17, 15) is 0 Å². The van der Waals surface area contributed by atoms with Gasteiger partial charge in [0.2, 0.25) is 0 Å². The molecule has 0 saturated carbocycles. The Kier molecular flexibility index (Phi) is 5.02. The van der Waals surface area contributed by atoms with Crippen molar-refractivity contribution in [3.63, 3.8) is 0 Å². The van der Waals surface area contributed by atoms with Gasteiger partial charge in [0.25, 0.3) is 0 Å². The largest absolute Gasteiger partial charge is 0.324 e. The highest BCUT2D eigenvalue weighted by molar-refractivity contribution is 5.85. The third-order valence-corrected chi connectivity index (χ3v) is 2.04. The number of rotatable bonds is 2. The zero-order chi connectivity index (χ0) is 10.0. The van der Waals surface area contributed by atoms with Gasteiger partial charge in [0.1, 0.15) is 5.82 Å². The molecule has 14 heavy (non-hydrogen) atoms. The molecule has 0 fully saturated rings. The van der Waals surface area contributed by atoms with Gasteiger partial charge >= 0.3 is 0 Å². The molecule has 1 atom stereocenters. The normalized spacial score (nSPS) is 12.4. The first kappa shape index (κ1) is 13.3. The molecule has 0 aromatic carbocycles. The van der Waals surface area contributed by atoms with Gasteiger partial charge in [0, 0.05) is 29.4 Å². The summed E-state index contributed by atoms with van der Waals surface area (Å²) in [4.78, 5) is 8.67. The molecule has 2 N–H and O–H groups in total. The fourth-order valence-electron chi connectivity index (χ4n) is 1.22. The van der Waals surface area contributed by atoms with E-state index in [0.717, 1.165) is 17.1 Å². The Labute approximate surface area is 91.6 Å². The van der Waals surface area contributed by atoms with Crippen LogP contribution < -0.4 is 5.73 Å². The van der Waals surface area contributed by atoms with Crippen molar-refractivity contribution in [3.8, 4) is 0 Å². The second-order valence-electron chi connectivity index (χ2n) is 3.71. The molecule has 0 radical (unpaired) electrons. The molecule has 4 heteroatoms. The zero-order valence-corrected chi connectivity index (χ0v) is 9.93. The van der Waals surface area contributed by atoms with E-state index in [1.165, 1.54) is 0 Å². The number of aromatic nitrogens is 2. The van der Waals surface area contributed by atoms with E-state index < -0.39 is 0 Å². The molecule has 0 spiro atoms. The van der Waals surface area contributed by atoms with Gasteiger partial charge in [-0.2, -0.15) is 0 Å². The molecule has 0 bridgehead atoms. The Balaban J connectivity index is 0.00000169. The van der Waals surface area contributed by atoms with Gasteiger partial charge in [0.15, 0.2) is 0 Å². The third-order valence-electron chi connectivity index (χ3n) is 2.04. The third kappa shape index (κ3) is 2.93. The monoisotopic (exact) mass is 215 g/mol. The van der Waals surface area contributed by atoms with E-state index in [0.29, 0.717) is 5.92 Å². The van der Waals surface area contributed by atoms with E-state index in [2.05, 4.69) is 23.8 Å². The van der Waals surface area contributed by atoms with Crippen molar-refractivity contribution < 1.29 is 0 Å². The zero-order valence-electron chi connectivity index (χ0n) is 9.11. The van der Waals surface area contributed by atoms with Gasteiger partial charge in [-0.15, -0.1) is 12.4 Å². The Morgan fingerprint density at radius 3 is 2.21 bits per heavy atom. The van der Waals surface area contributed by atoms with Crippen LogP contribution in [-0.2, 0) is 0 Å². The first-order valence-electron chi connectivity index (χ1n) is 4.61. The Hall–Kier alpha value is -0.670. The molecule has 0 saturated heterocycles.